The molecule has 1 saturated heterocycles. The van der Waals surface area contributed by atoms with Gasteiger partial charge in [-0.05, 0) is 25.0 Å². The fraction of sp³-hybridized carbons (Fsp3) is 0.400. The zero-order chi connectivity index (χ0) is 15.5. The molecule has 0 spiro atoms. The number of benzene rings is 1. The Morgan fingerprint density at radius 2 is 2.27 bits per heavy atom. The van der Waals surface area contributed by atoms with Crippen molar-refractivity contribution < 1.29 is 9.18 Å². The Morgan fingerprint density at radius 3 is 3.00 bits per heavy atom. The van der Waals surface area contributed by atoms with Crippen LogP contribution in [-0.2, 0) is 11.2 Å². The van der Waals surface area contributed by atoms with Crippen LogP contribution in [0.1, 0.15) is 25.6 Å². The fourth-order valence-electron chi connectivity index (χ4n) is 2.48. The summed E-state index contributed by atoms with van der Waals surface area (Å²) in [5.74, 6) is 0.355. The smallest absolute Gasteiger partial charge is 0.240 e. The number of hydrogen-bond acceptors (Lipinski definition) is 4. The van der Waals surface area contributed by atoms with E-state index in [0.29, 0.717) is 17.4 Å². The van der Waals surface area contributed by atoms with Gasteiger partial charge < -0.3 is 4.90 Å². The van der Waals surface area contributed by atoms with Gasteiger partial charge in [-0.2, -0.15) is 0 Å². The Kier molecular flexibility index (Phi) is 4.42. The molecule has 1 aromatic heterocycles. The molecule has 3 rings (SSSR count). The van der Waals surface area contributed by atoms with E-state index in [1.807, 2.05) is 6.92 Å². The van der Waals surface area contributed by atoms with Crippen LogP contribution >= 0.6 is 11.8 Å². The standard InChI is InChI=1S/C15H17FN4OS/c1-2-13-17-15(19-18-13)22-12-8-5-9-20(14(12)21)11-7-4-3-6-10(11)16/h3-4,6-7,12H,2,5,8-9H2,1H3,(H,17,18,19). The molecule has 5 nitrogen and oxygen atoms in total. The van der Waals surface area contributed by atoms with E-state index in [1.165, 1.54) is 22.7 Å². The molecule has 22 heavy (non-hydrogen) atoms. The van der Waals surface area contributed by atoms with E-state index in [-0.39, 0.29) is 17.0 Å². The summed E-state index contributed by atoms with van der Waals surface area (Å²) in [5.41, 5.74) is 0.349. The van der Waals surface area contributed by atoms with Crippen LogP contribution in [0.15, 0.2) is 29.4 Å². The Morgan fingerprint density at radius 1 is 1.45 bits per heavy atom. The highest BCUT2D eigenvalue weighted by molar-refractivity contribution is 8.00. The van der Waals surface area contributed by atoms with E-state index in [1.54, 1.807) is 18.2 Å². The van der Waals surface area contributed by atoms with Gasteiger partial charge in [0.1, 0.15) is 11.6 Å². The van der Waals surface area contributed by atoms with Crippen LogP contribution in [0.3, 0.4) is 0 Å². The van der Waals surface area contributed by atoms with Crippen molar-refractivity contribution in [3.05, 3.63) is 35.9 Å². The molecule has 1 unspecified atom stereocenters. The summed E-state index contributed by atoms with van der Waals surface area (Å²) in [5, 5.41) is 7.26. The zero-order valence-electron chi connectivity index (χ0n) is 12.3. The summed E-state index contributed by atoms with van der Waals surface area (Å²) in [6, 6.07) is 6.38. The molecule has 1 N–H and O–H groups in total. The van der Waals surface area contributed by atoms with Crippen LogP contribution < -0.4 is 4.90 Å². The summed E-state index contributed by atoms with van der Waals surface area (Å²) >= 11 is 1.35. The molecule has 0 radical (unpaired) electrons. The fourth-order valence-corrected chi connectivity index (χ4v) is 3.51. The SMILES string of the molecule is CCc1nc(SC2CCCN(c3ccccc3F)C2=O)n[nH]1. The maximum absolute atomic E-state index is 13.9. The van der Waals surface area contributed by atoms with Crippen LogP contribution in [-0.4, -0.2) is 32.9 Å². The van der Waals surface area contributed by atoms with Gasteiger partial charge in [-0.1, -0.05) is 30.8 Å². The van der Waals surface area contributed by atoms with Crippen molar-refractivity contribution >= 4 is 23.4 Å². The third kappa shape index (κ3) is 2.99. The van der Waals surface area contributed by atoms with E-state index >= 15 is 0 Å². The van der Waals surface area contributed by atoms with Crippen molar-refractivity contribution in [1.29, 1.82) is 0 Å². The lowest BCUT2D eigenvalue weighted by Crippen LogP contribution is -2.43. The zero-order valence-corrected chi connectivity index (χ0v) is 13.1. The molecule has 0 aliphatic carbocycles. The number of H-pyrrole nitrogens is 1. The molecular weight excluding hydrogens is 303 g/mol. The first-order valence-corrected chi connectivity index (χ1v) is 8.21. The highest BCUT2D eigenvalue weighted by atomic mass is 32.2. The number of thioether (sulfide) groups is 1. The minimum absolute atomic E-state index is 0.0794. The Bertz CT molecular complexity index is 675. The molecule has 1 atom stereocenters. The van der Waals surface area contributed by atoms with E-state index in [4.69, 9.17) is 0 Å². The van der Waals surface area contributed by atoms with E-state index in [9.17, 15) is 9.18 Å². The molecular formula is C15H17FN4OS. The first-order chi connectivity index (χ1) is 10.7. The van der Waals surface area contributed by atoms with Gasteiger partial charge in [0, 0.05) is 13.0 Å². The molecule has 2 heterocycles. The van der Waals surface area contributed by atoms with E-state index in [2.05, 4.69) is 15.2 Å². The number of carbonyl (C=O) groups excluding carboxylic acids is 1. The van der Waals surface area contributed by atoms with Crippen molar-refractivity contribution in [1.82, 2.24) is 15.2 Å². The second-order valence-corrected chi connectivity index (χ2v) is 6.28. The third-order valence-electron chi connectivity index (χ3n) is 3.63. The average molecular weight is 320 g/mol. The summed E-state index contributed by atoms with van der Waals surface area (Å²) in [4.78, 5) is 18.5. The van der Waals surface area contributed by atoms with Crippen molar-refractivity contribution in [2.75, 3.05) is 11.4 Å². The van der Waals surface area contributed by atoms with E-state index in [0.717, 1.165) is 25.1 Å². The predicted molar refractivity (Wildman–Crippen MR) is 83.4 cm³/mol. The molecule has 1 aliphatic heterocycles. The Balaban J connectivity index is 1.76. The van der Waals surface area contributed by atoms with E-state index < -0.39 is 0 Å². The number of rotatable bonds is 4. The van der Waals surface area contributed by atoms with Crippen molar-refractivity contribution in [2.45, 2.75) is 36.6 Å². The number of nitrogens with one attached hydrogen (secondary N) is 1. The van der Waals surface area contributed by atoms with Crippen molar-refractivity contribution in [3.8, 4) is 0 Å². The number of para-hydroxylation sites is 1. The number of amides is 1. The molecule has 0 bridgehead atoms. The number of aromatic amines is 1. The van der Waals surface area contributed by atoms with Gasteiger partial charge in [0.2, 0.25) is 11.1 Å². The van der Waals surface area contributed by atoms with Gasteiger partial charge in [0.15, 0.2) is 0 Å². The monoisotopic (exact) mass is 320 g/mol. The lowest BCUT2D eigenvalue weighted by molar-refractivity contribution is -0.119. The first kappa shape index (κ1) is 15.0. The summed E-state index contributed by atoms with van der Waals surface area (Å²) < 4.78 is 13.9. The lowest BCUT2D eigenvalue weighted by Gasteiger charge is -2.31. The number of halogens is 1. The van der Waals surface area contributed by atoms with Crippen LogP contribution in [0.4, 0.5) is 10.1 Å². The van der Waals surface area contributed by atoms with Crippen LogP contribution in [0, 0.1) is 5.82 Å². The van der Waals surface area contributed by atoms with Gasteiger partial charge >= 0.3 is 0 Å². The molecule has 1 aromatic carbocycles. The Hall–Kier alpha value is -1.89. The number of anilines is 1. The number of piperidine rings is 1. The second kappa shape index (κ2) is 6.48. The van der Waals surface area contributed by atoms with Crippen LogP contribution in [0.25, 0.3) is 0 Å². The molecule has 1 amide bonds. The maximum Gasteiger partial charge on any atom is 0.240 e. The molecule has 116 valence electrons. The van der Waals surface area contributed by atoms with Gasteiger partial charge in [-0.25, -0.2) is 9.37 Å². The van der Waals surface area contributed by atoms with Crippen LogP contribution in [0.2, 0.25) is 0 Å². The van der Waals surface area contributed by atoms with Crippen molar-refractivity contribution in [3.63, 3.8) is 0 Å². The van der Waals surface area contributed by atoms with Crippen molar-refractivity contribution in [2.24, 2.45) is 0 Å². The molecule has 1 fully saturated rings. The maximum atomic E-state index is 13.9. The highest BCUT2D eigenvalue weighted by Crippen LogP contribution is 2.31. The van der Waals surface area contributed by atoms with Crippen LogP contribution in [0.5, 0.6) is 0 Å². The quantitative estimate of drug-likeness (QED) is 0.941. The van der Waals surface area contributed by atoms with Gasteiger partial charge in [0.25, 0.3) is 0 Å². The molecule has 7 heteroatoms. The summed E-state index contributed by atoms with van der Waals surface area (Å²) in [6.07, 6.45) is 2.36. The molecule has 0 saturated carbocycles. The topological polar surface area (TPSA) is 61.9 Å². The highest BCUT2D eigenvalue weighted by Gasteiger charge is 2.32. The number of nitrogens with zero attached hydrogens (tertiary/aromatic N) is 3. The molecule has 2 aromatic rings. The van der Waals surface area contributed by atoms with Gasteiger partial charge in [-0.15, -0.1) is 5.10 Å². The number of aryl methyl sites for hydroxylation is 1. The summed E-state index contributed by atoms with van der Waals surface area (Å²) in [7, 11) is 0. The third-order valence-corrected chi connectivity index (χ3v) is 4.74. The Labute approximate surface area is 132 Å². The minimum Gasteiger partial charge on any atom is -0.309 e. The lowest BCUT2D eigenvalue weighted by atomic mass is 10.1. The number of carbonyl (C=O) groups is 1. The largest absolute Gasteiger partial charge is 0.309 e. The molecule has 1 aliphatic rings. The average Bonchev–Trinajstić information content (AvgIpc) is 2.98. The minimum atomic E-state index is -0.368. The normalized spacial score (nSPS) is 18.7. The summed E-state index contributed by atoms with van der Waals surface area (Å²) in [6.45, 7) is 2.53. The second-order valence-electron chi connectivity index (χ2n) is 5.11. The van der Waals surface area contributed by atoms with Gasteiger partial charge in [-0.3, -0.25) is 9.89 Å². The number of hydrogen-bond donors (Lipinski definition) is 1. The first-order valence-electron chi connectivity index (χ1n) is 7.33. The van der Waals surface area contributed by atoms with Gasteiger partial charge in [0.05, 0.1) is 10.9 Å². The predicted octanol–water partition coefficient (Wildman–Crippen LogP) is 2.79. The number of aromatic nitrogens is 3.